The molecule has 3 aromatic carbocycles. The normalized spacial score (nSPS) is 21.3. The predicted octanol–water partition coefficient (Wildman–Crippen LogP) is 13.4. The van der Waals surface area contributed by atoms with Gasteiger partial charge in [0.2, 0.25) is 11.4 Å². The SMILES string of the molecule is CCC1(C(C)C)C([n+]2ccccc2-c2ccccc2C)=Cc2cc3c(cc2-c2cc(C)c(-c4ccc5c(c4)C(C)(C)CCC5(C)C)c[n+]21)C(C)(C)CCC3(C)C. The largest absolute Gasteiger partial charge is 0.260 e. The van der Waals surface area contributed by atoms with E-state index in [2.05, 4.69) is 196 Å². The third-order valence-corrected chi connectivity index (χ3v) is 15.0. The van der Waals surface area contributed by atoms with E-state index < -0.39 is 0 Å². The standard InChI is InChI=1S/C54H66N2/c1-14-54(35(2)3)49(55-28-18-17-21-47(55)40-20-16-15-19-36(40)4)32-39-31-45-46(53(12,13)27-26-52(45,10)11)33-41(39)48-29-37(5)42(34-56(48)54)38-22-23-43-44(30-38)51(8,9)25-24-50(43,6)7/h15-23,28-35H,14,24-27H2,1-13H3/q+2. The minimum absolute atomic E-state index is 0.105. The van der Waals surface area contributed by atoms with Crippen molar-refractivity contribution in [3.8, 4) is 33.6 Å². The molecule has 2 aromatic heterocycles. The molecule has 0 spiro atoms. The highest BCUT2D eigenvalue weighted by Crippen LogP contribution is 2.51. The average Bonchev–Trinajstić information content (AvgIpc) is 3.27. The number of nitrogens with zero attached hydrogens (tertiary/aromatic N) is 2. The van der Waals surface area contributed by atoms with Crippen molar-refractivity contribution in [3.63, 3.8) is 0 Å². The Kier molecular flexibility index (Phi) is 9.04. The van der Waals surface area contributed by atoms with Gasteiger partial charge in [0.25, 0.3) is 11.2 Å². The lowest BCUT2D eigenvalue weighted by atomic mass is 9.62. The Morgan fingerprint density at radius 2 is 1.16 bits per heavy atom. The number of aryl methyl sites for hydroxylation is 2. The second-order valence-electron chi connectivity index (χ2n) is 20.6. The van der Waals surface area contributed by atoms with Gasteiger partial charge >= 0.3 is 0 Å². The molecule has 8 rings (SSSR count). The molecule has 1 unspecified atom stereocenters. The third kappa shape index (κ3) is 5.87. The fourth-order valence-corrected chi connectivity index (χ4v) is 11.0. The Balaban J connectivity index is 1.49. The van der Waals surface area contributed by atoms with Crippen LogP contribution in [0.2, 0.25) is 0 Å². The van der Waals surface area contributed by atoms with Crippen molar-refractivity contribution in [2.75, 3.05) is 0 Å². The summed E-state index contributed by atoms with van der Waals surface area (Å²) in [5, 5.41) is 0. The summed E-state index contributed by atoms with van der Waals surface area (Å²) in [7, 11) is 0. The van der Waals surface area contributed by atoms with Crippen molar-refractivity contribution < 1.29 is 9.13 Å². The van der Waals surface area contributed by atoms with Crippen molar-refractivity contribution in [1.82, 2.24) is 0 Å². The smallest absolute Gasteiger partial charge is 0.181 e. The molecular formula is C54H66N2+2. The number of fused-ring (bicyclic) bond motifs is 5. The van der Waals surface area contributed by atoms with E-state index in [1.165, 1.54) is 104 Å². The zero-order valence-corrected chi connectivity index (χ0v) is 36.7. The quantitative estimate of drug-likeness (QED) is 0.158. The van der Waals surface area contributed by atoms with E-state index >= 15 is 0 Å². The van der Waals surface area contributed by atoms with Crippen molar-refractivity contribution >= 4 is 11.8 Å². The molecule has 1 aliphatic heterocycles. The number of rotatable bonds is 5. The van der Waals surface area contributed by atoms with Crippen LogP contribution in [-0.2, 0) is 27.2 Å². The maximum atomic E-state index is 2.74. The molecule has 0 saturated heterocycles. The van der Waals surface area contributed by atoms with Gasteiger partial charge in [-0.3, -0.25) is 0 Å². The highest BCUT2D eigenvalue weighted by molar-refractivity contribution is 5.84. The van der Waals surface area contributed by atoms with E-state index in [9.17, 15) is 0 Å². The van der Waals surface area contributed by atoms with Crippen LogP contribution in [0.15, 0.2) is 91.3 Å². The number of benzene rings is 3. The van der Waals surface area contributed by atoms with Crippen molar-refractivity contribution in [2.45, 2.75) is 149 Å². The number of hydrogen-bond acceptors (Lipinski definition) is 0. The summed E-state index contributed by atoms with van der Waals surface area (Å²) in [6.07, 6.45) is 13.2. The van der Waals surface area contributed by atoms with Crippen LogP contribution in [0.1, 0.15) is 147 Å². The van der Waals surface area contributed by atoms with Gasteiger partial charge in [-0.05, 0) is 130 Å². The summed E-state index contributed by atoms with van der Waals surface area (Å²) in [6.45, 7) is 31.5. The molecule has 3 aliphatic rings. The van der Waals surface area contributed by atoms with Crippen LogP contribution in [0.3, 0.4) is 0 Å². The maximum absolute atomic E-state index is 2.74. The molecule has 2 aliphatic carbocycles. The highest BCUT2D eigenvalue weighted by Gasteiger charge is 2.55. The van der Waals surface area contributed by atoms with Crippen LogP contribution in [0.4, 0.5) is 0 Å². The molecule has 5 aromatic rings. The lowest BCUT2D eigenvalue weighted by Crippen LogP contribution is -2.65. The van der Waals surface area contributed by atoms with Crippen molar-refractivity contribution in [2.24, 2.45) is 5.92 Å². The molecule has 290 valence electrons. The molecule has 0 fully saturated rings. The van der Waals surface area contributed by atoms with Gasteiger partial charge in [-0.15, -0.1) is 0 Å². The minimum Gasteiger partial charge on any atom is -0.181 e. The van der Waals surface area contributed by atoms with Gasteiger partial charge in [0, 0.05) is 47.7 Å². The van der Waals surface area contributed by atoms with E-state index in [0.717, 1.165) is 6.42 Å². The molecule has 56 heavy (non-hydrogen) atoms. The summed E-state index contributed by atoms with van der Waals surface area (Å²) in [6, 6.07) is 30.8. The van der Waals surface area contributed by atoms with E-state index in [1.807, 2.05) is 0 Å². The monoisotopic (exact) mass is 743 g/mol. The molecule has 2 heteroatoms. The first-order valence-electron chi connectivity index (χ1n) is 21.5. The van der Waals surface area contributed by atoms with Gasteiger partial charge in [-0.1, -0.05) is 113 Å². The minimum atomic E-state index is -0.360. The van der Waals surface area contributed by atoms with Crippen LogP contribution in [0, 0.1) is 19.8 Å². The Hall–Kier alpha value is -4.30. The molecule has 3 heterocycles. The summed E-state index contributed by atoms with van der Waals surface area (Å²) in [5.74, 6) is 0.288. The van der Waals surface area contributed by atoms with Gasteiger partial charge in [0.15, 0.2) is 12.4 Å². The second-order valence-corrected chi connectivity index (χ2v) is 20.6. The summed E-state index contributed by atoms with van der Waals surface area (Å²) < 4.78 is 5.27. The number of aromatic nitrogens is 2. The van der Waals surface area contributed by atoms with E-state index in [1.54, 1.807) is 0 Å². The Labute approximate surface area is 338 Å². The Bertz CT molecular complexity index is 2410. The molecule has 0 N–H and O–H groups in total. The topological polar surface area (TPSA) is 7.76 Å². The summed E-state index contributed by atoms with van der Waals surface area (Å²) in [5.41, 5.74) is 19.3. The zero-order chi connectivity index (χ0) is 40.2. The van der Waals surface area contributed by atoms with Gasteiger partial charge < -0.3 is 0 Å². The molecule has 2 nitrogen and oxygen atoms in total. The van der Waals surface area contributed by atoms with Gasteiger partial charge in [0.05, 0.1) is 5.56 Å². The Morgan fingerprint density at radius 1 is 0.571 bits per heavy atom. The van der Waals surface area contributed by atoms with Crippen molar-refractivity contribution in [3.05, 3.63) is 130 Å². The summed E-state index contributed by atoms with van der Waals surface area (Å²) >= 11 is 0. The van der Waals surface area contributed by atoms with Gasteiger partial charge in [0.1, 0.15) is 0 Å². The zero-order valence-electron chi connectivity index (χ0n) is 36.7. The lowest BCUT2D eigenvalue weighted by Gasteiger charge is -2.42. The van der Waals surface area contributed by atoms with E-state index in [4.69, 9.17) is 0 Å². The molecule has 0 amide bonds. The third-order valence-electron chi connectivity index (χ3n) is 15.0. The first-order chi connectivity index (χ1) is 26.3. The van der Waals surface area contributed by atoms with Crippen LogP contribution < -0.4 is 9.13 Å². The first-order valence-corrected chi connectivity index (χ1v) is 21.5. The highest BCUT2D eigenvalue weighted by atomic mass is 15.1. The average molecular weight is 743 g/mol. The van der Waals surface area contributed by atoms with E-state index in [0.29, 0.717) is 0 Å². The molecular weight excluding hydrogens is 677 g/mol. The lowest BCUT2D eigenvalue weighted by molar-refractivity contribution is -0.768. The summed E-state index contributed by atoms with van der Waals surface area (Å²) in [4.78, 5) is 0. The van der Waals surface area contributed by atoms with Crippen LogP contribution in [0.5, 0.6) is 0 Å². The fraction of sp³-hybridized carbons (Fsp3) is 0.444. The van der Waals surface area contributed by atoms with Crippen molar-refractivity contribution in [1.29, 1.82) is 0 Å². The number of allylic oxidation sites excluding steroid dienone is 1. The molecule has 0 bridgehead atoms. The number of hydrogen-bond donors (Lipinski definition) is 0. The molecule has 0 saturated carbocycles. The Morgan fingerprint density at radius 3 is 1.79 bits per heavy atom. The maximum Gasteiger partial charge on any atom is 0.260 e. The van der Waals surface area contributed by atoms with Crippen LogP contribution in [0.25, 0.3) is 45.4 Å². The first kappa shape index (κ1) is 38.6. The van der Waals surface area contributed by atoms with E-state index in [-0.39, 0.29) is 33.1 Å². The van der Waals surface area contributed by atoms with Crippen LogP contribution in [-0.4, -0.2) is 0 Å². The predicted molar refractivity (Wildman–Crippen MR) is 237 cm³/mol. The molecule has 0 radical (unpaired) electrons. The second kappa shape index (κ2) is 13.1. The van der Waals surface area contributed by atoms with Gasteiger partial charge in [-0.2, -0.15) is 9.13 Å². The fourth-order valence-electron chi connectivity index (χ4n) is 11.0. The molecule has 1 atom stereocenters. The van der Waals surface area contributed by atoms with Gasteiger partial charge in [-0.25, -0.2) is 0 Å². The number of pyridine rings is 2. The van der Waals surface area contributed by atoms with Crippen LogP contribution >= 0.6 is 0 Å².